The number of hydrogen-bond acceptors (Lipinski definition) is 4. The van der Waals surface area contributed by atoms with Gasteiger partial charge in [0.25, 0.3) is 0 Å². The molecule has 1 aliphatic rings. The maximum absolute atomic E-state index is 13.7. The molecule has 0 aliphatic heterocycles. The highest BCUT2D eigenvalue weighted by molar-refractivity contribution is 9.10. The molecule has 1 aromatic carbocycles. The fourth-order valence-corrected chi connectivity index (χ4v) is 3.84. The van der Waals surface area contributed by atoms with Crippen LogP contribution in [-0.2, 0) is 13.5 Å². The number of fused-ring (bicyclic) bond motifs is 2. The van der Waals surface area contributed by atoms with Crippen LogP contribution in [0.3, 0.4) is 0 Å². The summed E-state index contributed by atoms with van der Waals surface area (Å²) < 4.78 is 16.1. The van der Waals surface area contributed by atoms with E-state index in [9.17, 15) is 4.39 Å². The summed E-state index contributed by atoms with van der Waals surface area (Å²) in [6.07, 6.45) is 4.52. The van der Waals surface area contributed by atoms with Crippen LogP contribution in [0.1, 0.15) is 30.0 Å². The molecule has 23 heavy (non-hydrogen) atoms. The number of halogens is 2. The molecule has 0 saturated heterocycles. The lowest BCUT2D eigenvalue weighted by Crippen LogP contribution is -2.18. The minimum atomic E-state index is -0.201. The van der Waals surface area contributed by atoms with E-state index < -0.39 is 0 Å². The molecule has 4 rings (SSSR count). The molecule has 0 spiro atoms. The first kappa shape index (κ1) is 14.6. The van der Waals surface area contributed by atoms with Gasteiger partial charge in [0.1, 0.15) is 22.6 Å². The molecular formula is C16H15BrFN5. The second-order valence-corrected chi connectivity index (χ2v) is 6.52. The van der Waals surface area contributed by atoms with Crippen LogP contribution >= 0.6 is 15.9 Å². The van der Waals surface area contributed by atoms with Gasteiger partial charge in [0.15, 0.2) is 5.65 Å². The summed E-state index contributed by atoms with van der Waals surface area (Å²) in [5.74, 6) is 0.518. The van der Waals surface area contributed by atoms with E-state index >= 15 is 0 Å². The van der Waals surface area contributed by atoms with Crippen LogP contribution in [0.5, 0.6) is 0 Å². The molecular weight excluding hydrogens is 361 g/mol. The zero-order valence-electron chi connectivity index (χ0n) is 12.6. The van der Waals surface area contributed by atoms with Crippen LogP contribution in [0.4, 0.5) is 10.2 Å². The second-order valence-electron chi connectivity index (χ2n) is 5.77. The van der Waals surface area contributed by atoms with Gasteiger partial charge in [-0.1, -0.05) is 6.07 Å². The van der Waals surface area contributed by atoms with Crippen molar-refractivity contribution in [3.05, 3.63) is 46.1 Å². The van der Waals surface area contributed by atoms with Gasteiger partial charge in [-0.3, -0.25) is 0 Å². The van der Waals surface area contributed by atoms with E-state index in [1.54, 1.807) is 10.7 Å². The Labute approximate surface area is 141 Å². The Balaban J connectivity index is 1.77. The Morgan fingerprint density at radius 3 is 3.09 bits per heavy atom. The van der Waals surface area contributed by atoms with Crippen molar-refractivity contribution in [1.29, 1.82) is 0 Å². The van der Waals surface area contributed by atoms with Gasteiger partial charge >= 0.3 is 0 Å². The number of nitrogens with zero attached hydrogens (tertiary/aromatic N) is 4. The number of rotatable bonds is 2. The Hall–Kier alpha value is -2.02. The number of anilines is 1. The second kappa shape index (κ2) is 5.56. The summed E-state index contributed by atoms with van der Waals surface area (Å²) in [5.41, 5.74) is 2.97. The third kappa shape index (κ3) is 2.49. The molecule has 2 heterocycles. The average molecular weight is 376 g/mol. The van der Waals surface area contributed by atoms with Crippen LogP contribution in [0.2, 0.25) is 0 Å². The lowest BCUT2D eigenvalue weighted by molar-refractivity contribution is 0.579. The summed E-state index contributed by atoms with van der Waals surface area (Å²) in [4.78, 5) is 8.64. The lowest BCUT2D eigenvalue weighted by Gasteiger charge is -2.27. The quantitative estimate of drug-likeness (QED) is 0.740. The monoisotopic (exact) mass is 375 g/mol. The van der Waals surface area contributed by atoms with Crippen molar-refractivity contribution in [3.8, 4) is 0 Å². The van der Waals surface area contributed by atoms with Gasteiger partial charge < -0.3 is 5.32 Å². The van der Waals surface area contributed by atoms with Crippen LogP contribution in [0.15, 0.2) is 29.1 Å². The van der Waals surface area contributed by atoms with E-state index in [1.165, 1.54) is 18.0 Å². The van der Waals surface area contributed by atoms with Crippen LogP contribution in [0.25, 0.3) is 11.0 Å². The fourth-order valence-electron chi connectivity index (χ4n) is 3.24. The van der Waals surface area contributed by atoms with Crippen molar-refractivity contribution in [2.75, 3.05) is 5.32 Å². The third-order valence-electron chi connectivity index (χ3n) is 4.31. The maximum Gasteiger partial charge on any atom is 0.164 e. The molecule has 7 heteroatoms. The first-order valence-corrected chi connectivity index (χ1v) is 8.31. The minimum absolute atomic E-state index is 0.0413. The highest BCUT2D eigenvalue weighted by atomic mass is 79.9. The topological polar surface area (TPSA) is 55.6 Å². The molecule has 0 bridgehead atoms. The Kier molecular flexibility index (Phi) is 3.52. The van der Waals surface area contributed by atoms with Gasteiger partial charge in [0, 0.05) is 7.05 Å². The van der Waals surface area contributed by atoms with Gasteiger partial charge in [0.05, 0.1) is 11.4 Å². The van der Waals surface area contributed by atoms with Gasteiger partial charge in [-0.2, -0.15) is 5.10 Å². The molecule has 0 radical (unpaired) electrons. The Bertz CT molecular complexity index is 892. The van der Waals surface area contributed by atoms with Gasteiger partial charge in [-0.05, 0) is 58.5 Å². The van der Waals surface area contributed by atoms with E-state index in [1.807, 2.05) is 13.1 Å². The highest BCUT2D eigenvalue weighted by Crippen LogP contribution is 2.35. The summed E-state index contributed by atoms with van der Waals surface area (Å²) in [7, 11) is 1.84. The fraction of sp³-hybridized carbons (Fsp3) is 0.312. The molecule has 0 saturated carbocycles. The minimum Gasteiger partial charge on any atom is -0.363 e. The molecule has 1 aliphatic carbocycles. The average Bonchev–Trinajstić information content (AvgIpc) is 2.84. The molecule has 1 atom stereocenters. The molecule has 5 nitrogen and oxygen atoms in total. The maximum atomic E-state index is 13.7. The Morgan fingerprint density at radius 1 is 1.35 bits per heavy atom. The number of benzene rings is 1. The third-order valence-corrected chi connectivity index (χ3v) is 4.87. The van der Waals surface area contributed by atoms with Crippen LogP contribution in [0, 0.1) is 5.82 Å². The summed E-state index contributed by atoms with van der Waals surface area (Å²) >= 11 is 3.46. The first-order chi connectivity index (χ1) is 11.1. The van der Waals surface area contributed by atoms with E-state index in [4.69, 9.17) is 0 Å². The van der Waals surface area contributed by atoms with Crippen molar-refractivity contribution in [3.63, 3.8) is 0 Å². The van der Waals surface area contributed by atoms with Gasteiger partial charge in [-0.15, -0.1) is 0 Å². The van der Waals surface area contributed by atoms with Crippen molar-refractivity contribution >= 4 is 32.8 Å². The zero-order valence-corrected chi connectivity index (χ0v) is 14.1. The predicted molar refractivity (Wildman–Crippen MR) is 89.7 cm³/mol. The SMILES string of the molecule is Cn1nc(Br)c2c(NC3CCCc4ccc(F)cc43)ncnc21. The van der Waals surface area contributed by atoms with Crippen molar-refractivity contribution < 1.29 is 4.39 Å². The largest absolute Gasteiger partial charge is 0.363 e. The number of aryl methyl sites for hydroxylation is 2. The molecule has 3 aromatic rings. The highest BCUT2D eigenvalue weighted by Gasteiger charge is 2.23. The van der Waals surface area contributed by atoms with Gasteiger partial charge in [0.2, 0.25) is 0 Å². The summed E-state index contributed by atoms with van der Waals surface area (Å²) in [6.45, 7) is 0. The molecule has 118 valence electrons. The van der Waals surface area contributed by atoms with Gasteiger partial charge in [-0.25, -0.2) is 19.0 Å². The number of hydrogen-bond donors (Lipinski definition) is 1. The normalized spacial score (nSPS) is 17.3. The standard InChI is InChI=1S/C16H15BrFN5/c1-23-16-13(14(17)22-23)15(19-8-20-16)21-12-4-2-3-9-5-6-10(18)7-11(9)12/h5-8,12H,2-4H2,1H3,(H,19,20,21). The smallest absolute Gasteiger partial charge is 0.164 e. The van der Waals surface area contributed by atoms with Crippen molar-refractivity contribution in [1.82, 2.24) is 19.7 Å². The van der Waals surface area contributed by atoms with E-state index in [2.05, 4.69) is 36.3 Å². The Morgan fingerprint density at radius 2 is 2.22 bits per heavy atom. The van der Waals surface area contributed by atoms with E-state index in [0.29, 0.717) is 4.60 Å². The van der Waals surface area contributed by atoms with Crippen molar-refractivity contribution in [2.24, 2.45) is 7.05 Å². The van der Waals surface area contributed by atoms with E-state index in [-0.39, 0.29) is 11.9 Å². The summed E-state index contributed by atoms with van der Waals surface area (Å²) in [6, 6.07) is 5.08. The molecule has 0 amide bonds. The number of nitrogens with one attached hydrogen (secondary N) is 1. The van der Waals surface area contributed by atoms with Crippen LogP contribution < -0.4 is 5.32 Å². The molecule has 2 aromatic heterocycles. The molecule has 1 unspecified atom stereocenters. The molecule has 0 fully saturated rings. The summed E-state index contributed by atoms with van der Waals surface area (Å²) in [5, 5.41) is 8.64. The van der Waals surface area contributed by atoms with Crippen molar-refractivity contribution in [2.45, 2.75) is 25.3 Å². The molecule has 1 N–H and O–H groups in total. The predicted octanol–water partition coefficient (Wildman–Crippen LogP) is 3.75. The first-order valence-electron chi connectivity index (χ1n) is 7.51. The lowest BCUT2D eigenvalue weighted by atomic mass is 9.87. The zero-order chi connectivity index (χ0) is 16.0. The van der Waals surface area contributed by atoms with Crippen LogP contribution in [-0.4, -0.2) is 19.7 Å². The van der Waals surface area contributed by atoms with E-state index in [0.717, 1.165) is 41.7 Å². The number of aromatic nitrogens is 4.